The molecule has 2 heterocycles. The summed E-state index contributed by atoms with van der Waals surface area (Å²) in [6.07, 6.45) is 3.64. The fourth-order valence-corrected chi connectivity index (χ4v) is 5.40. The molecule has 2 aliphatic rings. The lowest BCUT2D eigenvalue weighted by atomic mass is 9.88. The first-order chi connectivity index (χ1) is 13.9. The minimum atomic E-state index is -0.533. The van der Waals surface area contributed by atoms with Gasteiger partial charge >= 0.3 is 0 Å². The first-order valence-electron chi connectivity index (χ1n) is 10.0. The second-order valence-corrected chi connectivity index (χ2v) is 9.09. The molecule has 0 radical (unpaired) electrons. The van der Waals surface area contributed by atoms with Crippen molar-refractivity contribution < 1.29 is 14.0 Å². The Hall–Kier alpha value is -2.36. The molecular formula is C23H23FN2O2S. The number of carbonyl (C=O) groups excluding carboxylic acids is 2. The maximum atomic E-state index is 14.7. The molecule has 1 saturated heterocycles. The number of hydrogen-bond donors (Lipinski definition) is 1. The summed E-state index contributed by atoms with van der Waals surface area (Å²) in [7, 11) is 0. The van der Waals surface area contributed by atoms with E-state index >= 15 is 0 Å². The number of carbonyl (C=O) groups is 2. The Bertz CT molecular complexity index is 993. The van der Waals surface area contributed by atoms with Crippen molar-refractivity contribution in [1.29, 1.82) is 5.26 Å². The van der Waals surface area contributed by atoms with E-state index in [9.17, 15) is 19.2 Å². The Morgan fingerprint density at radius 3 is 2.72 bits per heavy atom. The summed E-state index contributed by atoms with van der Waals surface area (Å²) in [4.78, 5) is 24.7. The highest BCUT2D eigenvalue weighted by molar-refractivity contribution is 7.12. The summed E-state index contributed by atoms with van der Waals surface area (Å²) in [5, 5.41) is 14.7. The van der Waals surface area contributed by atoms with E-state index in [0.29, 0.717) is 28.0 Å². The van der Waals surface area contributed by atoms with Crippen molar-refractivity contribution in [2.75, 3.05) is 0 Å². The zero-order valence-electron chi connectivity index (χ0n) is 16.3. The van der Waals surface area contributed by atoms with Crippen molar-refractivity contribution in [1.82, 2.24) is 5.32 Å². The lowest BCUT2D eigenvalue weighted by Crippen LogP contribution is -2.42. The van der Waals surface area contributed by atoms with Crippen molar-refractivity contribution >= 4 is 22.9 Å². The molecule has 2 aromatic rings. The zero-order valence-corrected chi connectivity index (χ0v) is 17.1. The average Bonchev–Trinajstić information content (AvgIpc) is 3.45. The number of benzene rings is 1. The Labute approximate surface area is 173 Å². The number of nitriles is 1. The molecule has 1 N–H and O–H groups in total. The molecule has 4 nitrogen and oxygen atoms in total. The number of thiophene rings is 1. The van der Waals surface area contributed by atoms with Gasteiger partial charge in [-0.15, -0.1) is 11.3 Å². The van der Waals surface area contributed by atoms with Crippen LogP contribution in [0.2, 0.25) is 0 Å². The van der Waals surface area contributed by atoms with E-state index in [4.69, 9.17) is 0 Å². The van der Waals surface area contributed by atoms with E-state index < -0.39 is 5.92 Å². The van der Waals surface area contributed by atoms with Gasteiger partial charge in [0.15, 0.2) is 11.6 Å². The SMILES string of the molecule is CC(=O)c1cc(-c2ccc(C[C@@H](C#N)CC(=O)[C@H]3N[C@@H]4CC[C@H]3C4)c(F)c2)cs1. The molecule has 1 aliphatic heterocycles. The molecule has 1 aromatic carbocycles. The zero-order chi connectivity index (χ0) is 20.5. The maximum Gasteiger partial charge on any atom is 0.169 e. The molecule has 2 bridgehead atoms. The van der Waals surface area contributed by atoms with Crippen LogP contribution in [0.4, 0.5) is 4.39 Å². The Kier molecular flexibility index (Phi) is 5.62. The first kappa shape index (κ1) is 19.9. The van der Waals surface area contributed by atoms with Crippen molar-refractivity contribution in [3.8, 4) is 17.2 Å². The minimum absolute atomic E-state index is 0.00940. The molecule has 0 spiro atoms. The summed E-state index contributed by atoms with van der Waals surface area (Å²) < 4.78 is 14.7. The number of nitrogens with one attached hydrogen (secondary N) is 1. The van der Waals surface area contributed by atoms with Gasteiger partial charge < -0.3 is 5.32 Å². The van der Waals surface area contributed by atoms with Gasteiger partial charge in [0, 0.05) is 12.5 Å². The lowest BCUT2D eigenvalue weighted by Gasteiger charge is -2.22. The number of fused-ring (bicyclic) bond motifs is 2. The van der Waals surface area contributed by atoms with Gasteiger partial charge in [-0.1, -0.05) is 12.1 Å². The largest absolute Gasteiger partial charge is 0.304 e. The van der Waals surface area contributed by atoms with Crippen molar-refractivity contribution in [2.45, 2.75) is 51.1 Å². The third-order valence-corrected chi connectivity index (χ3v) is 7.17. The van der Waals surface area contributed by atoms with Crippen LogP contribution in [-0.2, 0) is 11.2 Å². The molecule has 4 atom stereocenters. The molecule has 1 aromatic heterocycles. The highest BCUT2D eigenvalue weighted by Crippen LogP contribution is 2.36. The summed E-state index contributed by atoms with van der Waals surface area (Å²) >= 11 is 1.34. The number of hydrogen-bond acceptors (Lipinski definition) is 5. The van der Waals surface area contributed by atoms with Crippen LogP contribution >= 0.6 is 11.3 Å². The molecule has 4 rings (SSSR count). The number of ketones is 2. The molecule has 1 aliphatic carbocycles. The van der Waals surface area contributed by atoms with Gasteiger partial charge in [0.25, 0.3) is 0 Å². The van der Waals surface area contributed by atoms with Crippen LogP contribution in [0.15, 0.2) is 29.6 Å². The maximum absolute atomic E-state index is 14.7. The summed E-state index contributed by atoms with van der Waals surface area (Å²) in [5.41, 5.74) is 1.95. The number of Topliss-reactive ketones (excluding diaryl/α,β-unsaturated/α-hetero) is 2. The summed E-state index contributed by atoms with van der Waals surface area (Å²) in [6, 6.07) is 9.19. The van der Waals surface area contributed by atoms with E-state index in [0.717, 1.165) is 24.8 Å². The van der Waals surface area contributed by atoms with Crippen LogP contribution in [0.3, 0.4) is 0 Å². The third kappa shape index (κ3) is 4.17. The molecule has 0 amide bonds. The average molecular weight is 411 g/mol. The van der Waals surface area contributed by atoms with Gasteiger partial charge in [-0.25, -0.2) is 4.39 Å². The van der Waals surface area contributed by atoms with E-state index in [2.05, 4.69) is 11.4 Å². The number of rotatable bonds is 7. The van der Waals surface area contributed by atoms with E-state index in [1.807, 2.05) is 5.38 Å². The molecule has 0 unspecified atom stereocenters. The highest BCUT2D eigenvalue weighted by atomic mass is 32.1. The van der Waals surface area contributed by atoms with Crippen LogP contribution in [0, 0.1) is 29.0 Å². The first-order valence-corrected chi connectivity index (χ1v) is 10.9. The number of halogens is 1. The quantitative estimate of drug-likeness (QED) is 0.681. The molecule has 29 heavy (non-hydrogen) atoms. The predicted molar refractivity (Wildman–Crippen MR) is 110 cm³/mol. The van der Waals surface area contributed by atoms with Crippen LogP contribution in [0.5, 0.6) is 0 Å². The number of nitrogens with zero attached hydrogens (tertiary/aromatic N) is 1. The van der Waals surface area contributed by atoms with E-state index in [1.165, 1.54) is 24.3 Å². The summed E-state index contributed by atoms with van der Waals surface area (Å²) in [6.45, 7) is 1.51. The Balaban J connectivity index is 1.43. The fourth-order valence-electron chi connectivity index (χ4n) is 4.58. The third-order valence-electron chi connectivity index (χ3n) is 6.14. The van der Waals surface area contributed by atoms with Gasteiger partial charge in [0.05, 0.1) is 22.9 Å². The van der Waals surface area contributed by atoms with Crippen LogP contribution < -0.4 is 5.32 Å². The van der Waals surface area contributed by atoms with Crippen molar-refractivity contribution in [2.24, 2.45) is 11.8 Å². The van der Waals surface area contributed by atoms with Crippen molar-refractivity contribution in [3.05, 3.63) is 45.9 Å². The molecule has 2 fully saturated rings. The number of piperidine rings is 1. The lowest BCUT2D eigenvalue weighted by molar-refractivity contribution is -0.122. The van der Waals surface area contributed by atoms with Crippen LogP contribution in [0.1, 0.15) is 47.8 Å². The highest BCUT2D eigenvalue weighted by Gasteiger charge is 2.42. The fraction of sp³-hybridized carbons (Fsp3) is 0.435. The monoisotopic (exact) mass is 410 g/mol. The van der Waals surface area contributed by atoms with Gasteiger partial charge in [0.2, 0.25) is 0 Å². The second kappa shape index (κ2) is 8.17. The molecule has 1 saturated carbocycles. The van der Waals surface area contributed by atoms with Gasteiger partial charge in [-0.3, -0.25) is 9.59 Å². The molecule has 6 heteroatoms. The van der Waals surface area contributed by atoms with E-state index in [1.54, 1.807) is 18.2 Å². The topological polar surface area (TPSA) is 70.0 Å². The van der Waals surface area contributed by atoms with Crippen molar-refractivity contribution in [3.63, 3.8) is 0 Å². The molecule has 150 valence electrons. The Morgan fingerprint density at radius 2 is 2.14 bits per heavy atom. The smallest absolute Gasteiger partial charge is 0.169 e. The minimum Gasteiger partial charge on any atom is -0.304 e. The van der Waals surface area contributed by atoms with Gasteiger partial charge in [0.1, 0.15) is 5.82 Å². The standard InChI is InChI=1S/C23H23FN2O2S/c1-13(27)22-10-18(12-29-22)15-2-3-16(20(24)9-15)6-14(11-25)7-21(28)23-17-4-5-19(8-17)26-23/h2-3,9-10,12,14,17,19,23,26H,4-8H2,1H3/t14-,17+,19-,23+/m1/s1. The predicted octanol–water partition coefficient (Wildman–Crippen LogP) is 4.54. The van der Waals surface area contributed by atoms with Gasteiger partial charge in [-0.2, -0.15) is 5.26 Å². The summed E-state index contributed by atoms with van der Waals surface area (Å²) in [5.74, 6) is -0.452. The van der Waals surface area contributed by atoms with Crippen LogP contribution in [0.25, 0.3) is 11.1 Å². The van der Waals surface area contributed by atoms with Crippen LogP contribution in [-0.4, -0.2) is 23.7 Å². The van der Waals surface area contributed by atoms with E-state index in [-0.39, 0.29) is 36.3 Å². The molecular weight excluding hydrogens is 387 g/mol. The van der Waals surface area contributed by atoms with Gasteiger partial charge in [-0.05, 0) is 72.7 Å². The Morgan fingerprint density at radius 1 is 1.31 bits per heavy atom. The second-order valence-electron chi connectivity index (χ2n) is 8.18. The normalized spacial score (nSPS) is 23.7.